The van der Waals surface area contributed by atoms with Crippen LogP contribution in [-0.4, -0.2) is 37.2 Å². The average Bonchev–Trinajstić information content (AvgIpc) is 3.38. The number of carbonyl (C=O) groups excluding carboxylic acids is 3. The summed E-state index contributed by atoms with van der Waals surface area (Å²) in [5, 5.41) is 0. The summed E-state index contributed by atoms with van der Waals surface area (Å²) in [6.45, 7) is 6.56. The lowest BCUT2D eigenvalue weighted by molar-refractivity contribution is -0.167. The van der Waals surface area contributed by atoms with Gasteiger partial charge in [0.2, 0.25) is 0 Å². The minimum Gasteiger partial charge on any atom is -0.462 e. The average molecular weight is 1010 g/mol. The van der Waals surface area contributed by atoms with Gasteiger partial charge in [-0.3, -0.25) is 14.4 Å². The minimum atomic E-state index is -0.773. The van der Waals surface area contributed by atoms with Crippen LogP contribution in [0.1, 0.15) is 323 Å². The predicted molar refractivity (Wildman–Crippen MR) is 312 cm³/mol. The highest BCUT2D eigenvalue weighted by molar-refractivity contribution is 5.71. The second-order valence-corrected chi connectivity index (χ2v) is 21.0. The van der Waals surface area contributed by atoms with Crippen LogP contribution in [0, 0.1) is 0 Å². The van der Waals surface area contributed by atoms with E-state index in [1.54, 1.807) is 0 Å². The molecule has 0 aliphatic heterocycles. The van der Waals surface area contributed by atoms with E-state index in [0.29, 0.717) is 19.3 Å². The van der Waals surface area contributed by atoms with Crippen molar-refractivity contribution in [2.24, 2.45) is 0 Å². The normalized spacial score (nSPS) is 12.4. The number of hydrogen-bond donors (Lipinski definition) is 0. The van der Waals surface area contributed by atoms with Gasteiger partial charge in [0, 0.05) is 19.3 Å². The summed E-state index contributed by atoms with van der Waals surface area (Å²) in [6, 6.07) is 0. The van der Waals surface area contributed by atoms with Crippen LogP contribution < -0.4 is 0 Å². The standard InChI is InChI=1S/C66H118O6/c1-4-7-10-13-16-19-22-24-26-28-30-31-32-33-34-35-36-38-39-41-44-47-50-53-56-59-65(68)71-62-63(61-70-64(67)58-55-52-49-46-43-21-18-15-12-9-6-3)72-66(69)60-57-54-51-48-45-42-40-37-29-27-25-23-20-17-14-11-8-5-2/h7,10,16,19,24,26,30-31,33-34,63H,4-6,8-9,11-15,17-18,20-23,25,27-29,32,35-62H2,1-3H3/b10-7-,19-16-,26-24-,31-30-,34-33-. The molecule has 1 unspecified atom stereocenters. The molecule has 0 aliphatic rings. The SMILES string of the molecule is CC/C=C\C/C=C\C/C=C\C/C=C\C/C=C\CCCCCCCCCCCC(=O)OCC(COC(=O)CCCCCCCCCCCCC)OC(=O)CCCCCCCCCCCCCCCCCCCC. The van der Waals surface area contributed by atoms with Crippen LogP contribution in [0.25, 0.3) is 0 Å². The number of esters is 3. The first-order valence-electron chi connectivity index (χ1n) is 31.3. The van der Waals surface area contributed by atoms with E-state index in [-0.39, 0.29) is 31.1 Å². The summed E-state index contributed by atoms with van der Waals surface area (Å²) in [5.41, 5.74) is 0. The zero-order valence-corrected chi connectivity index (χ0v) is 47.9. The summed E-state index contributed by atoms with van der Waals surface area (Å²) < 4.78 is 16.9. The molecule has 6 nitrogen and oxygen atoms in total. The van der Waals surface area contributed by atoms with Crippen molar-refractivity contribution in [1.82, 2.24) is 0 Å². The van der Waals surface area contributed by atoms with Crippen LogP contribution in [0.2, 0.25) is 0 Å². The molecule has 0 fully saturated rings. The van der Waals surface area contributed by atoms with Crippen molar-refractivity contribution in [3.8, 4) is 0 Å². The number of ether oxygens (including phenoxy) is 3. The molecule has 0 spiro atoms. The Bertz CT molecular complexity index is 1290. The highest BCUT2D eigenvalue weighted by Gasteiger charge is 2.19. The summed E-state index contributed by atoms with van der Waals surface area (Å²) >= 11 is 0. The van der Waals surface area contributed by atoms with Gasteiger partial charge in [0.1, 0.15) is 13.2 Å². The van der Waals surface area contributed by atoms with Crippen molar-refractivity contribution in [2.75, 3.05) is 13.2 Å². The maximum Gasteiger partial charge on any atom is 0.306 e. The molecule has 418 valence electrons. The van der Waals surface area contributed by atoms with E-state index in [0.717, 1.165) is 96.3 Å². The summed E-state index contributed by atoms with van der Waals surface area (Å²) in [6.07, 6.45) is 76.5. The Morgan fingerprint density at radius 2 is 0.542 bits per heavy atom. The second kappa shape index (κ2) is 60.7. The van der Waals surface area contributed by atoms with Gasteiger partial charge in [0.15, 0.2) is 6.10 Å². The van der Waals surface area contributed by atoms with Gasteiger partial charge in [-0.25, -0.2) is 0 Å². The number of allylic oxidation sites excluding steroid dienone is 10. The van der Waals surface area contributed by atoms with E-state index in [4.69, 9.17) is 14.2 Å². The quantitative estimate of drug-likeness (QED) is 0.0261. The van der Waals surface area contributed by atoms with Gasteiger partial charge in [-0.15, -0.1) is 0 Å². The van der Waals surface area contributed by atoms with Crippen molar-refractivity contribution >= 4 is 17.9 Å². The third-order valence-electron chi connectivity index (χ3n) is 13.8. The topological polar surface area (TPSA) is 78.9 Å². The lowest BCUT2D eigenvalue weighted by atomic mass is 10.0. The molecule has 0 aliphatic carbocycles. The van der Waals surface area contributed by atoms with Crippen LogP contribution in [0.15, 0.2) is 60.8 Å². The maximum absolute atomic E-state index is 12.9. The molecule has 0 heterocycles. The highest BCUT2D eigenvalue weighted by atomic mass is 16.6. The Morgan fingerprint density at radius 3 is 0.847 bits per heavy atom. The highest BCUT2D eigenvalue weighted by Crippen LogP contribution is 2.17. The van der Waals surface area contributed by atoms with Crippen molar-refractivity contribution in [2.45, 2.75) is 329 Å². The molecular formula is C66H118O6. The number of rotatable bonds is 57. The molecule has 0 rings (SSSR count). The number of hydrogen-bond acceptors (Lipinski definition) is 6. The van der Waals surface area contributed by atoms with Crippen LogP contribution in [0.4, 0.5) is 0 Å². The molecule has 0 saturated heterocycles. The molecule has 0 radical (unpaired) electrons. The molecule has 0 aromatic heterocycles. The first kappa shape index (κ1) is 69.1. The van der Waals surface area contributed by atoms with E-state index in [9.17, 15) is 14.4 Å². The zero-order valence-electron chi connectivity index (χ0n) is 47.9. The minimum absolute atomic E-state index is 0.0710. The summed E-state index contributed by atoms with van der Waals surface area (Å²) in [7, 11) is 0. The van der Waals surface area contributed by atoms with Crippen molar-refractivity contribution in [3.05, 3.63) is 60.8 Å². The van der Waals surface area contributed by atoms with E-state index >= 15 is 0 Å². The Hall–Kier alpha value is -2.89. The molecule has 0 aromatic carbocycles. The Morgan fingerprint density at radius 1 is 0.292 bits per heavy atom. The first-order valence-corrected chi connectivity index (χ1v) is 31.3. The van der Waals surface area contributed by atoms with Crippen molar-refractivity contribution in [3.63, 3.8) is 0 Å². The molecular weight excluding hydrogens is 889 g/mol. The third-order valence-corrected chi connectivity index (χ3v) is 13.8. The van der Waals surface area contributed by atoms with Crippen LogP contribution in [0.5, 0.6) is 0 Å². The molecule has 0 saturated carbocycles. The fraction of sp³-hybridized carbons (Fsp3) is 0.803. The smallest absolute Gasteiger partial charge is 0.306 e. The molecule has 0 amide bonds. The van der Waals surface area contributed by atoms with E-state index in [1.807, 2.05) is 0 Å². The lowest BCUT2D eigenvalue weighted by Crippen LogP contribution is -2.30. The summed E-state index contributed by atoms with van der Waals surface area (Å²) in [4.78, 5) is 38.2. The van der Waals surface area contributed by atoms with Gasteiger partial charge in [-0.05, 0) is 64.2 Å². The van der Waals surface area contributed by atoms with Crippen molar-refractivity contribution < 1.29 is 28.6 Å². The van der Waals surface area contributed by atoms with Crippen LogP contribution >= 0.6 is 0 Å². The molecule has 0 aromatic rings. The van der Waals surface area contributed by atoms with Gasteiger partial charge in [0.25, 0.3) is 0 Å². The third kappa shape index (κ3) is 58.0. The Balaban J connectivity index is 4.26. The van der Waals surface area contributed by atoms with Crippen molar-refractivity contribution in [1.29, 1.82) is 0 Å². The van der Waals surface area contributed by atoms with E-state index < -0.39 is 6.10 Å². The van der Waals surface area contributed by atoms with Gasteiger partial charge >= 0.3 is 17.9 Å². The fourth-order valence-electron chi connectivity index (χ4n) is 9.12. The molecule has 1 atom stereocenters. The largest absolute Gasteiger partial charge is 0.462 e. The second-order valence-electron chi connectivity index (χ2n) is 21.0. The fourth-order valence-corrected chi connectivity index (χ4v) is 9.12. The summed E-state index contributed by atoms with van der Waals surface area (Å²) in [5.74, 6) is -0.859. The van der Waals surface area contributed by atoms with Crippen LogP contribution in [-0.2, 0) is 28.6 Å². The molecule has 72 heavy (non-hydrogen) atoms. The number of carbonyl (C=O) groups is 3. The monoisotopic (exact) mass is 1010 g/mol. The van der Waals surface area contributed by atoms with Gasteiger partial charge in [-0.1, -0.05) is 300 Å². The Labute approximate surface area is 447 Å². The number of unbranched alkanes of at least 4 members (excludes halogenated alkanes) is 36. The lowest BCUT2D eigenvalue weighted by Gasteiger charge is -2.18. The van der Waals surface area contributed by atoms with Gasteiger partial charge < -0.3 is 14.2 Å². The molecule has 6 heteroatoms. The van der Waals surface area contributed by atoms with Gasteiger partial charge in [-0.2, -0.15) is 0 Å². The zero-order chi connectivity index (χ0) is 52.2. The van der Waals surface area contributed by atoms with Gasteiger partial charge in [0.05, 0.1) is 0 Å². The van der Waals surface area contributed by atoms with Crippen LogP contribution in [0.3, 0.4) is 0 Å². The van der Waals surface area contributed by atoms with E-state index in [2.05, 4.69) is 81.5 Å². The van der Waals surface area contributed by atoms with E-state index in [1.165, 1.54) is 186 Å². The Kier molecular flexibility index (Phi) is 58.2. The molecule has 0 bridgehead atoms. The maximum atomic E-state index is 12.9. The predicted octanol–water partition coefficient (Wildman–Crippen LogP) is 21.2. The molecule has 0 N–H and O–H groups in total. The first-order chi connectivity index (χ1) is 35.5.